The fourth-order valence-corrected chi connectivity index (χ4v) is 2.54. The Hall–Kier alpha value is -1.46. The van der Waals surface area contributed by atoms with Crippen molar-refractivity contribution in [1.82, 2.24) is 4.90 Å². The SMILES string of the molecule is CN(Cc1ccc2c(c1)OCO2)C(=O)C1(N)CCC1.Cl. The maximum Gasteiger partial charge on any atom is 0.242 e. The first kappa shape index (κ1) is 14.9. The van der Waals surface area contributed by atoms with E-state index in [0.29, 0.717) is 6.54 Å². The monoisotopic (exact) mass is 298 g/mol. The largest absolute Gasteiger partial charge is 0.454 e. The lowest BCUT2D eigenvalue weighted by Crippen LogP contribution is -2.58. The Morgan fingerprint density at radius 1 is 1.35 bits per heavy atom. The van der Waals surface area contributed by atoms with Crippen LogP contribution in [-0.4, -0.2) is 30.2 Å². The van der Waals surface area contributed by atoms with Crippen LogP contribution in [0.15, 0.2) is 18.2 Å². The Morgan fingerprint density at radius 3 is 2.70 bits per heavy atom. The number of carbonyl (C=O) groups is 1. The molecule has 1 aliphatic heterocycles. The summed E-state index contributed by atoms with van der Waals surface area (Å²) in [7, 11) is 1.79. The average molecular weight is 299 g/mol. The van der Waals surface area contributed by atoms with E-state index < -0.39 is 5.54 Å². The first-order chi connectivity index (χ1) is 9.08. The van der Waals surface area contributed by atoms with Crippen LogP contribution in [0, 0.1) is 0 Å². The van der Waals surface area contributed by atoms with E-state index in [2.05, 4.69) is 0 Å². The van der Waals surface area contributed by atoms with Gasteiger partial charge in [0.1, 0.15) is 0 Å². The van der Waals surface area contributed by atoms with Gasteiger partial charge in [0.05, 0.1) is 5.54 Å². The molecule has 1 aliphatic carbocycles. The van der Waals surface area contributed by atoms with Crippen molar-refractivity contribution in [2.45, 2.75) is 31.3 Å². The first-order valence-corrected chi connectivity index (χ1v) is 6.51. The van der Waals surface area contributed by atoms with Gasteiger partial charge in [-0.3, -0.25) is 4.79 Å². The molecule has 1 fully saturated rings. The number of benzene rings is 1. The molecule has 0 bridgehead atoms. The van der Waals surface area contributed by atoms with Crippen LogP contribution in [0.1, 0.15) is 24.8 Å². The van der Waals surface area contributed by atoms with Gasteiger partial charge in [-0.2, -0.15) is 0 Å². The number of rotatable bonds is 3. The molecule has 0 aromatic heterocycles. The maximum absolute atomic E-state index is 12.2. The average Bonchev–Trinajstić information content (AvgIpc) is 2.82. The molecule has 20 heavy (non-hydrogen) atoms. The van der Waals surface area contributed by atoms with Crippen molar-refractivity contribution in [3.05, 3.63) is 23.8 Å². The van der Waals surface area contributed by atoms with Crippen LogP contribution < -0.4 is 15.2 Å². The number of amides is 1. The highest BCUT2D eigenvalue weighted by atomic mass is 35.5. The maximum atomic E-state index is 12.2. The first-order valence-electron chi connectivity index (χ1n) is 6.51. The van der Waals surface area contributed by atoms with Crippen LogP contribution in [-0.2, 0) is 11.3 Å². The molecule has 1 aromatic carbocycles. The van der Waals surface area contributed by atoms with E-state index in [9.17, 15) is 4.79 Å². The minimum Gasteiger partial charge on any atom is -0.454 e. The minimum atomic E-state index is -0.634. The third kappa shape index (κ3) is 2.55. The van der Waals surface area contributed by atoms with E-state index in [1.807, 2.05) is 18.2 Å². The number of hydrogen-bond donors (Lipinski definition) is 1. The summed E-state index contributed by atoms with van der Waals surface area (Å²) in [6, 6.07) is 5.73. The van der Waals surface area contributed by atoms with Gasteiger partial charge in [-0.05, 0) is 37.0 Å². The van der Waals surface area contributed by atoms with Gasteiger partial charge >= 0.3 is 0 Å². The van der Waals surface area contributed by atoms with Crippen LogP contribution in [0.25, 0.3) is 0 Å². The van der Waals surface area contributed by atoms with Crippen molar-refractivity contribution < 1.29 is 14.3 Å². The van der Waals surface area contributed by atoms with Crippen molar-refractivity contribution in [2.75, 3.05) is 13.8 Å². The Morgan fingerprint density at radius 2 is 2.05 bits per heavy atom. The molecular weight excluding hydrogens is 280 g/mol. The summed E-state index contributed by atoms with van der Waals surface area (Å²) in [4.78, 5) is 13.9. The molecule has 1 heterocycles. The van der Waals surface area contributed by atoms with Gasteiger partial charge in [0.25, 0.3) is 0 Å². The lowest BCUT2D eigenvalue weighted by atomic mass is 9.76. The molecule has 2 aliphatic rings. The summed E-state index contributed by atoms with van der Waals surface area (Å²) in [5.41, 5.74) is 6.44. The van der Waals surface area contributed by atoms with Crippen molar-refractivity contribution in [1.29, 1.82) is 0 Å². The van der Waals surface area contributed by atoms with Crippen molar-refractivity contribution >= 4 is 18.3 Å². The van der Waals surface area contributed by atoms with Gasteiger partial charge in [-0.25, -0.2) is 0 Å². The third-order valence-electron chi connectivity index (χ3n) is 3.88. The van der Waals surface area contributed by atoms with Gasteiger partial charge in [-0.15, -0.1) is 12.4 Å². The van der Waals surface area contributed by atoms with Crippen LogP contribution in [0.5, 0.6) is 11.5 Å². The number of fused-ring (bicyclic) bond motifs is 1. The fourth-order valence-electron chi connectivity index (χ4n) is 2.54. The Kier molecular flexibility index (Phi) is 4.11. The molecule has 1 amide bonds. The van der Waals surface area contributed by atoms with Crippen molar-refractivity contribution in [2.24, 2.45) is 5.73 Å². The molecule has 6 heteroatoms. The van der Waals surface area contributed by atoms with Crippen LogP contribution >= 0.6 is 12.4 Å². The zero-order chi connectivity index (χ0) is 13.5. The quantitative estimate of drug-likeness (QED) is 0.922. The molecule has 0 atom stereocenters. The fraction of sp³-hybridized carbons (Fsp3) is 0.500. The lowest BCUT2D eigenvalue weighted by Gasteiger charge is -2.39. The Labute approximate surface area is 124 Å². The zero-order valence-corrected chi connectivity index (χ0v) is 12.2. The molecule has 110 valence electrons. The van der Waals surface area contributed by atoms with Gasteiger partial charge in [-0.1, -0.05) is 6.07 Å². The highest BCUT2D eigenvalue weighted by molar-refractivity contribution is 5.86. The number of likely N-dealkylation sites (N-methyl/N-ethyl adjacent to an activating group) is 1. The molecule has 0 radical (unpaired) electrons. The van der Waals surface area contributed by atoms with Crippen LogP contribution in [0.2, 0.25) is 0 Å². The summed E-state index contributed by atoms with van der Waals surface area (Å²) in [5.74, 6) is 1.52. The smallest absolute Gasteiger partial charge is 0.242 e. The second kappa shape index (κ2) is 5.50. The molecule has 0 saturated heterocycles. The van der Waals surface area contributed by atoms with Gasteiger partial charge in [0.2, 0.25) is 12.7 Å². The second-order valence-corrected chi connectivity index (χ2v) is 5.36. The van der Waals surface area contributed by atoms with E-state index in [1.54, 1.807) is 11.9 Å². The van der Waals surface area contributed by atoms with E-state index in [4.69, 9.17) is 15.2 Å². The summed E-state index contributed by atoms with van der Waals surface area (Å²) in [6.07, 6.45) is 2.62. The summed E-state index contributed by atoms with van der Waals surface area (Å²) < 4.78 is 10.6. The molecule has 1 saturated carbocycles. The molecule has 3 rings (SSSR count). The van der Waals surface area contributed by atoms with Crippen LogP contribution in [0.3, 0.4) is 0 Å². The number of nitrogens with zero attached hydrogens (tertiary/aromatic N) is 1. The number of ether oxygens (including phenoxy) is 2. The molecule has 5 nitrogen and oxygen atoms in total. The van der Waals surface area contributed by atoms with E-state index >= 15 is 0 Å². The van der Waals surface area contributed by atoms with E-state index in [1.165, 1.54) is 0 Å². The van der Waals surface area contributed by atoms with E-state index in [0.717, 1.165) is 36.3 Å². The molecule has 0 unspecified atom stereocenters. The standard InChI is InChI=1S/C14H18N2O3.ClH/c1-16(13(17)14(15)5-2-6-14)8-10-3-4-11-12(7-10)19-9-18-11;/h3-4,7H,2,5-6,8-9,15H2,1H3;1H. The van der Waals surface area contributed by atoms with E-state index in [-0.39, 0.29) is 25.1 Å². The highest BCUT2D eigenvalue weighted by Gasteiger charge is 2.41. The van der Waals surface area contributed by atoms with Gasteiger partial charge < -0.3 is 20.1 Å². The van der Waals surface area contributed by atoms with Gasteiger partial charge in [0, 0.05) is 13.6 Å². The summed E-state index contributed by atoms with van der Waals surface area (Å²) in [5, 5.41) is 0. The number of nitrogens with two attached hydrogens (primary N) is 1. The zero-order valence-electron chi connectivity index (χ0n) is 11.4. The summed E-state index contributed by atoms with van der Waals surface area (Å²) >= 11 is 0. The third-order valence-corrected chi connectivity index (χ3v) is 3.88. The molecular formula is C14H19ClN2O3. The molecule has 2 N–H and O–H groups in total. The van der Waals surface area contributed by atoms with Crippen molar-refractivity contribution in [3.8, 4) is 11.5 Å². The molecule has 0 spiro atoms. The Balaban J connectivity index is 0.00000147. The predicted octanol–water partition coefficient (Wildman–Crippen LogP) is 1.68. The predicted molar refractivity (Wildman–Crippen MR) is 77.1 cm³/mol. The minimum absolute atomic E-state index is 0. The topological polar surface area (TPSA) is 64.8 Å². The normalized spacial score (nSPS) is 17.9. The number of halogens is 1. The number of hydrogen-bond acceptors (Lipinski definition) is 4. The summed E-state index contributed by atoms with van der Waals surface area (Å²) in [6.45, 7) is 0.799. The Bertz CT molecular complexity index is 517. The van der Waals surface area contributed by atoms with Gasteiger partial charge in [0.15, 0.2) is 11.5 Å². The van der Waals surface area contributed by atoms with Crippen LogP contribution in [0.4, 0.5) is 0 Å². The van der Waals surface area contributed by atoms with Crippen molar-refractivity contribution in [3.63, 3.8) is 0 Å². The molecule has 1 aromatic rings. The highest BCUT2D eigenvalue weighted by Crippen LogP contribution is 2.34. The second-order valence-electron chi connectivity index (χ2n) is 5.36. The number of carbonyl (C=O) groups excluding carboxylic acids is 1. The lowest BCUT2D eigenvalue weighted by molar-refractivity contribution is -0.139.